The van der Waals surface area contributed by atoms with Crippen molar-refractivity contribution < 1.29 is 9.47 Å². The minimum atomic E-state index is 0.424. The van der Waals surface area contributed by atoms with Crippen LogP contribution in [0.15, 0.2) is 36.5 Å². The molecule has 3 heteroatoms. The fourth-order valence-corrected chi connectivity index (χ4v) is 1.74. The van der Waals surface area contributed by atoms with Crippen molar-refractivity contribution in [2.45, 2.75) is 12.5 Å². The predicted octanol–water partition coefficient (Wildman–Crippen LogP) is 2.40. The molecule has 0 saturated carbocycles. The third kappa shape index (κ3) is 1.99. The number of hydrogen-bond acceptors (Lipinski definition) is 3. The van der Waals surface area contributed by atoms with Gasteiger partial charge < -0.3 is 9.47 Å². The summed E-state index contributed by atoms with van der Waals surface area (Å²) in [5.41, 5.74) is 0.975. The van der Waals surface area contributed by atoms with E-state index in [1.54, 1.807) is 6.20 Å². The van der Waals surface area contributed by atoms with E-state index in [1.165, 1.54) is 0 Å². The van der Waals surface area contributed by atoms with Crippen molar-refractivity contribution in [1.82, 2.24) is 4.98 Å². The van der Waals surface area contributed by atoms with Crippen molar-refractivity contribution in [3.8, 4) is 5.75 Å². The van der Waals surface area contributed by atoms with Gasteiger partial charge in [0.25, 0.3) is 0 Å². The van der Waals surface area contributed by atoms with Crippen molar-refractivity contribution in [2.24, 2.45) is 0 Å². The van der Waals surface area contributed by atoms with Crippen LogP contribution in [0.4, 0.5) is 0 Å². The maximum atomic E-state index is 5.75. The van der Waals surface area contributed by atoms with E-state index < -0.39 is 0 Å². The third-order valence-corrected chi connectivity index (χ3v) is 2.71. The lowest BCUT2D eigenvalue weighted by molar-refractivity contribution is 0.285. The highest BCUT2D eigenvalue weighted by Crippen LogP contribution is 2.24. The second kappa shape index (κ2) is 4.10. The summed E-state index contributed by atoms with van der Waals surface area (Å²) in [5, 5.41) is 1.07. The number of hydrogen-bond donors (Lipinski definition) is 0. The Labute approximate surface area is 94.0 Å². The Balaban J connectivity index is 1.79. The van der Waals surface area contributed by atoms with Gasteiger partial charge in [0, 0.05) is 18.0 Å². The van der Waals surface area contributed by atoms with Gasteiger partial charge in [0.15, 0.2) is 0 Å². The van der Waals surface area contributed by atoms with Crippen LogP contribution in [0.5, 0.6) is 5.75 Å². The molecule has 0 spiro atoms. The summed E-state index contributed by atoms with van der Waals surface area (Å²) in [6.45, 7) is 1.60. The zero-order chi connectivity index (χ0) is 10.8. The van der Waals surface area contributed by atoms with Gasteiger partial charge in [-0.25, -0.2) is 0 Å². The van der Waals surface area contributed by atoms with Gasteiger partial charge in [0.1, 0.15) is 5.75 Å². The molecule has 1 atom stereocenters. The van der Waals surface area contributed by atoms with Crippen molar-refractivity contribution in [3.05, 3.63) is 36.5 Å². The number of pyridine rings is 1. The number of benzene rings is 1. The quantitative estimate of drug-likeness (QED) is 0.734. The fraction of sp³-hybridized carbons (Fsp3) is 0.308. The molecule has 0 radical (unpaired) electrons. The van der Waals surface area contributed by atoms with Crippen LogP contribution in [-0.2, 0) is 4.74 Å². The lowest BCUT2D eigenvalue weighted by Crippen LogP contribution is -2.01. The number of fused-ring (bicyclic) bond motifs is 1. The third-order valence-electron chi connectivity index (χ3n) is 2.71. The van der Waals surface area contributed by atoms with Crippen LogP contribution in [0.25, 0.3) is 10.9 Å². The number of rotatable bonds is 4. The summed E-state index contributed by atoms with van der Waals surface area (Å²) >= 11 is 0. The molecule has 2 aromatic rings. The van der Waals surface area contributed by atoms with E-state index in [-0.39, 0.29) is 0 Å². The molecule has 0 aliphatic carbocycles. The maximum Gasteiger partial charge on any atom is 0.128 e. The standard InChI is InChI=1S/C13H13NO2/c1-4-12-11(3-2-7-14-12)13(5-1)15-8-6-10-9-16-10/h1-5,7,10H,6,8-9H2. The van der Waals surface area contributed by atoms with E-state index in [1.807, 2.05) is 30.3 Å². The summed E-state index contributed by atoms with van der Waals surface area (Å²) in [5.74, 6) is 0.909. The zero-order valence-electron chi connectivity index (χ0n) is 8.93. The molecule has 1 aromatic carbocycles. The molecule has 1 fully saturated rings. The van der Waals surface area contributed by atoms with Crippen LogP contribution in [0.3, 0.4) is 0 Å². The second-order valence-electron chi connectivity index (χ2n) is 3.92. The largest absolute Gasteiger partial charge is 0.493 e. The van der Waals surface area contributed by atoms with Crippen molar-refractivity contribution in [1.29, 1.82) is 0 Å². The molecule has 1 aromatic heterocycles. The molecule has 0 amide bonds. The molecule has 1 aliphatic heterocycles. The van der Waals surface area contributed by atoms with Crippen molar-refractivity contribution in [3.63, 3.8) is 0 Å². The van der Waals surface area contributed by atoms with Gasteiger partial charge in [-0.2, -0.15) is 0 Å². The lowest BCUT2D eigenvalue weighted by atomic mass is 10.2. The van der Waals surface area contributed by atoms with E-state index in [9.17, 15) is 0 Å². The van der Waals surface area contributed by atoms with Crippen molar-refractivity contribution >= 4 is 10.9 Å². The number of epoxide rings is 1. The van der Waals surface area contributed by atoms with E-state index in [2.05, 4.69) is 4.98 Å². The van der Waals surface area contributed by atoms with Crippen LogP contribution in [0.1, 0.15) is 6.42 Å². The molecule has 3 rings (SSSR count). The number of nitrogens with zero attached hydrogens (tertiary/aromatic N) is 1. The second-order valence-corrected chi connectivity index (χ2v) is 3.92. The first-order chi connectivity index (χ1) is 7.93. The normalized spacial score (nSPS) is 18.6. The molecular weight excluding hydrogens is 202 g/mol. The first kappa shape index (κ1) is 9.60. The Morgan fingerprint density at radius 1 is 1.31 bits per heavy atom. The molecule has 0 N–H and O–H groups in total. The molecule has 2 heterocycles. The van der Waals surface area contributed by atoms with E-state index in [0.29, 0.717) is 12.7 Å². The van der Waals surface area contributed by atoms with E-state index in [0.717, 1.165) is 29.7 Å². The highest BCUT2D eigenvalue weighted by atomic mass is 16.6. The van der Waals surface area contributed by atoms with Crippen LogP contribution >= 0.6 is 0 Å². The summed E-state index contributed by atoms with van der Waals surface area (Å²) in [6.07, 6.45) is 3.19. The smallest absolute Gasteiger partial charge is 0.128 e. The molecule has 0 bridgehead atoms. The molecule has 1 saturated heterocycles. The van der Waals surface area contributed by atoms with E-state index in [4.69, 9.17) is 9.47 Å². The first-order valence-corrected chi connectivity index (χ1v) is 5.51. The molecule has 1 aliphatic rings. The number of aromatic nitrogens is 1. The Hall–Kier alpha value is -1.61. The predicted molar refractivity (Wildman–Crippen MR) is 61.6 cm³/mol. The average molecular weight is 215 g/mol. The summed E-state index contributed by atoms with van der Waals surface area (Å²) in [7, 11) is 0. The maximum absolute atomic E-state index is 5.75. The van der Waals surface area contributed by atoms with Gasteiger partial charge in [-0.15, -0.1) is 0 Å². The van der Waals surface area contributed by atoms with Gasteiger partial charge >= 0.3 is 0 Å². The van der Waals surface area contributed by atoms with Gasteiger partial charge in [-0.05, 0) is 24.3 Å². The highest BCUT2D eigenvalue weighted by Gasteiger charge is 2.21. The summed E-state index contributed by atoms with van der Waals surface area (Å²) < 4.78 is 10.9. The SMILES string of the molecule is c1cc(OCCC2CO2)c2cccnc2c1. The van der Waals surface area contributed by atoms with Crippen LogP contribution in [-0.4, -0.2) is 24.3 Å². The van der Waals surface area contributed by atoms with Gasteiger partial charge in [0.2, 0.25) is 0 Å². The van der Waals surface area contributed by atoms with Gasteiger partial charge in [-0.1, -0.05) is 6.07 Å². The van der Waals surface area contributed by atoms with Crippen molar-refractivity contribution in [2.75, 3.05) is 13.2 Å². The summed E-state index contributed by atoms with van der Waals surface area (Å²) in [6, 6.07) is 9.91. The van der Waals surface area contributed by atoms with Gasteiger partial charge in [0.05, 0.1) is 24.8 Å². The molecule has 3 nitrogen and oxygen atoms in total. The molecule has 1 unspecified atom stereocenters. The number of ether oxygens (including phenoxy) is 2. The Morgan fingerprint density at radius 2 is 2.25 bits per heavy atom. The molecule has 82 valence electrons. The average Bonchev–Trinajstić information content (AvgIpc) is 3.13. The Kier molecular flexibility index (Phi) is 2.46. The lowest BCUT2D eigenvalue weighted by Gasteiger charge is -2.07. The molecule has 16 heavy (non-hydrogen) atoms. The topological polar surface area (TPSA) is 34.6 Å². The van der Waals surface area contributed by atoms with Crippen LogP contribution < -0.4 is 4.74 Å². The van der Waals surface area contributed by atoms with E-state index >= 15 is 0 Å². The minimum absolute atomic E-state index is 0.424. The Bertz CT molecular complexity index is 489. The Morgan fingerprint density at radius 3 is 3.12 bits per heavy atom. The summed E-state index contributed by atoms with van der Waals surface area (Å²) in [4.78, 5) is 4.29. The monoisotopic (exact) mass is 215 g/mol. The first-order valence-electron chi connectivity index (χ1n) is 5.51. The van der Waals surface area contributed by atoms with Crippen LogP contribution in [0.2, 0.25) is 0 Å². The highest BCUT2D eigenvalue weighted by molar-refractivity contribution is 5.84. The minimum Gasteiger partial charge on any atom is -0.493 e. The fourth-order valence-electron chi connectivity index (χ4n) is 1.74. The zero-order valence-corrected chi connectivity index (χ0v) is 8.93. The molecular formula is C13H13NO2. The van der Waals surface area contributed by atoms with Crippen LogP contribution in [0, 0.1) is 0 Å². The van der Waals surface area contributed by atoms with Gasteiger partial charge in [-0.3, -0.25) is 4.98 Å².